The lowest BCUT2D eigenvalue weighted by Crippen LogP contribution is -2.16. The van der Waals surface area contributed by atoms with Crippen molar-refractivity contribution in [3.05, 3.63) is 57.6 Å². The summed E-state index contributed by atoms with van der Waals surface area (Å²) in [4.78, 5) is 23.6. The van der Waals surface area contributed by atoms with Crippen molar-refractivity contribution in [3.63, 3.8) is 0 Å². The molecular formula is C15H15NO4. The standard InChI is InChI=1S/C15H15NO4/c1-9-5-4-6-11(10(9)2)16-15(18)13-7-12(17)14(19-3)8-20-13/h4-8H,1-3H3,(H,16,18). The molecule has 5 nitrogen and oxygen atoms in total. The van der Waals surface area contributed by atoms with Crippen LogP contribution in [0.2, 0.25) is 0 Å². The molecule has 0 aliphatic heterocycles. The topological polar surface area (TPSA) is 68.5 Å². The van der Waals surface area contributed by atoms with E-state index in [1.54, 1.807) is 6.07 Å². The van der Waals surface area contributed by atoms with Crippen molar-refractivity contribution in [2.45, 2.75) is 13.8 Å². The van der Waals surface area contributed by atoms with Gasteiger partial charge in [0.05, 0.1) is 7.11 Å². The molecule has 2 rings (SSSR count). The van der Waals surface area contributed by atoms with E-state index < -0.39 is 11.3 Å². The van der Waals surface area contributed by atoms with Crippen LogP contribution in [-0.2, 0) is 0 Å². The van der Waals surface area contributed by atoms with Crippen molar-refractivity contribution in [2.75, 3.05) is 12.4 Å². The van der Waals surface area contributed by atoms with E-state index in [2.05, 4.69) is 5.32 Å². The van der Waals surface area contributed by atoms with E-state index in [0.717, 1.165) is 23.5 Å². The number of amides is 1. The van der Waals surface area contributed by atoms with E-state index in [9.17, 15) is 9.59 Å². The summed E-state index contributed by atoms with van der Waals surface area (Å²) in [5, 5.41) is 2.72. The minimum Gasteiger partial charge on any atom is -0.490 e. The average Bonchev–Trinajstić information content (AvgIpc) is 2.43. The van der Waals surface area contributed by atoms with Gasteiger partial charge in [-0.3, -0.25) is 9.59 Å². The van der Waals surface area contributed by atoms with Gasteiger partial charge in [-0.05, 0) is 31.0 Å². The molecule has 0 atom stereocenters. The smallest absolute Gasteiger partial charge is 0.291 e. The number of anilines is 1. The first-order chi connectivity index (χ1) is 9.52. The molecule has 0 aliphatic rings. The maximum atomic E-state index is 12.0. The zero-order valence-electron chi connectivity index (χ0n) is 11.5. The first-order valence-corrected chi connectivity index (χ1v) is 6.07. The molecule has 0 bridgehead atoms. The molecule has 20 heavy (non-hydrogen) atoms. The second-order valence-electron chi connectivity index (χ2n) is 4.38. The molecule has 1 aromatic carbocycles. The molecule has 0 saturated heterocycles. The third-order valence-electron chi connectivity index (χ3n) is 3.09. The van der Waals surface area contributed by atoms with Gasteiger partial charge in [0, 0.05) is 11.8 Å². The zero-order valence-corrected chi connectivity index (χ0v) is 11.5. The van der Waals surface area contributed by atoms with Crippen LogP contribution in [0.25, 0.3) is 0 Å². The largest absolute Gasteiger partial charge is 0.490 e. The van der Waals surface area contributed by atoms with Crippen molar-refractivity contribution < 1.29 is 13.9 Å². The second kappa shape index (κ2) is 5.61. The Labute approximate surface area is 116 Å². The fourth-order valence-electron chi connectivity index (χ4n) is 1.74. The first-order valence-electron chi connectivity index (χ1n) is 6.07. The summed E-state index contributed by atoms with van der Waals surface area (Å²) in [6.45, 7) is 3.87. The Morgan fingerprint density at radius 1 is 1.30 bits per heavy atom. The number of hydrogen-bond acceptors (Lipinski definition) is 4. The molecule has 2 aromatic rings. The van der Waals surface area contributed by atoms with Gasteiger partial charge in [-0.2, -0.15) is 0 Å². The van der Waals surface area contributed by atoms with Gasteiger partial charge in [0.15, 0.2) is 5.76 Å². The highest BCUT2D eigenvalue weighted by atomic mass is 16.5. The summed E-state index contributed by atoms with van der Waals surface area (Å²) in [6.07, 6.45) is 1.13. The highest BCUT2D eigenvalue weighted by molar-refractivity contribution is 6.02. The zero-order chi connectivity index (χ0) is 14.7. The lowest BCUT2D eigenvalue weighted by molar-refractivity contribution is 0.0993. The molecule has 0 aliphatic carbocycles. The Kier molecular flexibility index (Phi) is 3.89. The summed E-state index contributed by atoms with van der Waals surface area (Å²) in [7, 11) is 1.36. The third-order valence-corrected chi connectivity index (χ3v) is 3.09. The fraction of sp³-hybridized carbons (Fsp3) is 0.200. The van der Waals surface area contributed by atoms with Gasteiger partial charge < -0.3 is 14.5 Å². The molecule has 0 spiro atoms. The Hall–Kier alpha value is -2.56. The van der Waals surface area contributed by atoms with Crippen LogP contribution in [0.5, 0.6) is 5.75 Å². The van der Waals surface area contributed by atoms with Gasteiger partial charge in [-0.1, -0.05) is 12.1 Å². The van der Waals surface area contributed by atoms with Crippen LogP contribution in [0.1, 0.15) is 21.7 Å². The summed E-state index contributed by atoms with van der Waals surface area (Å²) in [5.74, 6) is -0.469. The number of rotatable bonds is 3. The average molecular weight is 273 g/mol. The highest BCUT2D eigenvalue weighted by Gasteiger charge is 2.13. The van der Waals surface area contributed by atoms with Crippen molar-refractivity contribution in [2.24, 2.45) is 0 Å². The lowest BCUT2D eigenvalue weighted by atomic mass is 10.1. The monoisotopic (exact) mass is 273 g/mol. The first kappa shape index (κ1) is 13.9. The number of aryl methyl sites for hydroxylation is 1. The molecule has 1 N–H and O–H groups in total. The van der Waals surface area contributed by atoms with Gasteiger partial charge in [-0.25, -0.2) is 0 Å². The predicted molar refractivity (Wildman–Crippen MR) is 75.4 cm³/mol. The fourth-order valence-corrected chi connectivity index (χ4v) is 1.74. The van der Waals surface area contributed by atoms with Gasteiger partial charge in [-0.15, -0.1) is 0 Å². The van der Waals surface area contributed by atoms with Crippen LogP contribution in [-0.4, -0.2) is 13.0 Å². The van der Waals surface area contributed by atoms with Crippen molar-refractivity contribution in [1.82, 2.24) is 0 Å². The third kappa shape index (κ3) is 2.71. The SMILES string of the molecule is COc1coc(C(=O)Nc2cccc(C)c2C)cc1=O. The van der Waals surface area contributed by atoms with E-state index in [1.807, 2.05) is 26.0 Å². The maximum Gasteiger partial charge on any atom is 0.291 e. The van der Waals surface area contributed by atoms with Crippen LogP contribution in [0.4, 0.5) is 5.69 Å². The summed E-state index contributed by atoms with van der Waals surface area (Å²) < 4.78 is 9.89. The Morgan fingerprint density at radius 3 is 2.70 bits per heavy atom. The van der Waals surface area contributed by atoms with Gasteiger partial charge in [0.2, 0.25) is 11.2 Å². The summed E-state index contributed by atoms with van der Waals surface area (Å²) >= 11 is 0. The molecular weight excluding hydrogens is 258 g/mol. The number of benzene rings is 1. The van der Waals surface area contributed by atoms with Crippen LogP contribution < -0.4 is 15.5 Å². The minimum atomic E-state index is -0.474. The number of carbonyl (C=O) groups excluding carboxylic acids is 1. The number of ether oxygens (including phenoxy) is 1. The van der Waals surface area contributed by atoms with Crippen molar-refractivity contribution in [3.8, 4) is 5.75 Å². The van der Waals surface area contributed by atoms with Crippen molar-refractivity contribution in [1.29, 1.82) is 0 Å². The number of nitrogens with one attached hydrogen (secondary N) is 1. The van der Waals surface area contributed by atoms with Crippen molar-refractivity contribution >= 4 is 11.6 Å². The molecule has 5 heteroatoms. The summed E-state index contributed by atoms with van der Waals surface area (Å²) in [6, 6.07) is 6.71. The Balaban J connectivity index is 2.26. The molecule has 1 heterocycles. The summed E-state index contributed by atoms with van der Waals surface area (Å²) in [5.41, 5.74) is 2.33. The van der Waals surface area contributed by atoms with Gasteiger partial charge in [0.25, 0.3) is 5.91 Å². The van der Waals surface area contributed by atoms with Crippen LogP contribution in [0.15, 0.2) is 39.7 Å². The molecule has 0 saturated carbocycles. The van der Waals surface area contributed by atoms with E-state index in [0.29, 0.717) is 5.69 Å². The van der Waals surface area contributed by atoms with Crippen LogP contribution in [0, 0.1) is 13.8 Å². The Bertz CT molecular complexity index is 703. The predicted octanol–water partition coefficient (Wildman–Crippen LogP) is 2.52. The second-order valence-corrected chi connectivity index (χ2v) is 4.38. The molecule has 104 valence electrons. The van der Waals surface area contributed by atoms with Gasteiger partial charge in [0.1, 0.15) is 6.26 Å². The quantitative estimate of drug-likeness (QED) is 0.933. The molecule has 0 fully saturated rings. The highest BCUT2D eigenvalue weighted by Crippen LogP contribution is 2.18. The normalized spacial score (nSPS) is 10.2. The van der Waals surface area contributed by atoms with E-state index in [4.69, 9.17) is 9.15 Å². The van der Waals surface area contributed by atoms with Gasteiger partial charge >= 0.3 is 0 Å². The number of methoxy groups -OCH3 is 1. The van der Waals surface area contributed by atoms with Crippen LogP contribution >= 0.6 is 0 Å². The lowest BCUT2D eigenvalue weighted by Gasteiger charge is -2.09. The minimum absolute atomic E-state index is 0.0586. The van der Waals surface area contributed by atoms with Crippen LogP contribution in [0.3, 0.4) is 0 Å². The molecule has 1 amide bonds. The van der Waals surface area contributed by atoms with E-state index in [-0.39, 0.29) is 11.5 Å². The molecule has 0 radical (unpaired) electrons. The Morgan fingerprint density at radius 2 is 2.05 bits per heavy atom. The van der Waals surface area contributed by atoms with E-state index >= 15 is 0 Å². The molecule has 0 unspecified atom stereocenters. The molecule has 1 aromatic heterocycles. The van der Waals surface area contributed by atoms with E-state index in [1.165, 1.54) is 7.11 Å². The maximum absolute atomic E-state index is 12.0. The number of carbonyl (C=O) groups is 1. The number of hydrogen-bond donors (Lipinski definition) is 1.